The molecule has 0 saturated heterocycles. The summed E-state index contributed by atoms with van der Waals surface area (Å²) in [6.07, 6.45) is 0. The maximum absolute atomic E-state index is 13.8. The second-order valence-electron chi connectivity index (χ2n) is 7.72. The molecular weight excluding hydrogens is 656 g/mol. The Hall–Kier alpha value is -2.88. The van der Waals surface area contributed by atoms with Gasteiger partial charge >= 0.3 is 5.97 Å². The lowest BCUT2D eigenvalue weighted by molar-refractivity contribution is 0.0515. The number of ketones is 2. The van der Waals surface area contributed by atoms with Crippen molar-refractivity contribution >= 4 is 65.3 Å². The van der Waals surface area contributed by atoms with E-state index in [4.69, 9.17) is 4.74 Å². The first-order chi connectivity index (χ1) is 17.3. The summed E-state index contributed by atoms with van der Waals surface area (Å²) in [5.74, 6) is -1.35. The molecule has 0 bridgehead atoms. The van der Waals surface area contributed by atoms with Gasteiger partial charge in [-0.1, -0.05) is 72.1 Å². The Bertz CT molecular complexity index is 1430. The Morgan fingerprint density at radius 1 is 0.778 bits per heavy atom. The molecule has 0 aliphatic rings. The van der Waals surface area contributed by atoms with Gasteiger partial charge in [0.05, 0.1) is 17.9 Å². The van der Waals surface area contributed by atoms with Gasteiger partial charge in [0.15, 0.2) is 17.3 Å². The minimum absolute atomic E-state index is 0.0849. The van der Waals surface area contributed by atoms with Crippen LogP contribution in [-0.2, 0) is 11.3 Å². The quantitative estimate of drug-likeness (QED) is 0.147. The van der Waals surface area contributed by atoms with Gasteiger partial charge < -0.3 is 4.74 Å². The van der Waals surface area contributed by atoms with E-state index in [0.717, 1.165) is 13.4 Å². The summed E-state index contributed by atoms with van der Waals surface area (Å²) in [5.41, 5.74) is 1.80. The molecule has 182 valence electrons. The standard InChI is InChI=1S/C27H19Br3N2O4/c1-2-36-27(35)24-23(26(34)18-7-13-21(30)14-8-18)25(17-5-11-20(29)12-6-17)32(31-24)15-22(33)16-3-9-19(28)10-4-16/h3-14H,2,15H2,1H3. The minimum atomic E-state index is -0.730. The summed E-state index contributed by atoms with van der Waals surface area (Å²) in [7, 11) is 0. The molecule has 0 N–H and O–H groups in total. The first kappa shape index (κ1) is 26.2. The molecule has 36 heavy (non-hydrogen) atoms. The molecular formula is C27H19Br3N2O4. The van der Waals surface area contributed by atoms with Crippen molar-refractivity contribution in [2.24, 2.45) is 0 Å². The normalized spacial score (nSPS) is 10.8. The fraction of sp³-hybridized carbons (Fsp3) is 0.111. The summed E-state index contributed by atoms with van der Waals surface area (Å²) < 4.78 is 9.14. The number of rotatable bonds is 8. The van der Waals surface area contributed by atoms with Crippen molar-refractivity contribution in [3.8, 4) is 11.3 Å². The van der Waals surface area contributed by atoms with Crippen molar-refractivity contribution in [2.45, 2.75) is 13.5 Å². The lowest BCUT2D eigenvalue weighted by Crippen LogP contribution is -2.14. The average Bonchev–Trinajstić information content (AvgIpc) is 3.24. The maximum atomic E-state index is 13.8. The van der Waals surface area contributed by atoms with Gasteiger partial charge in [-0.25, -0.2) is 4.79 Å². The zero-order chi connectivity index (χ0) is 25.8. The van der Waals surface area contributed by atoms with Crippen molar-refractivity contribution in [3.05, 3.63) is 109 Å². The highest BCUT2D eigenvalue weighted by molar-refractivity contribution is 9.11. The van der Waals surface area contributed by atoms with Gasteiger partial charge in [-0.05, 0) is 55.5 Å². The molecule has 4 aromatic rings. The molecule has 9 heteroatoms. The monoisotopic (exact) mass is 672 g/mol. The summed E-state index contributed by atoms with van der Waals surface area (Å²) in [4.78, 5) is 39.9. The molecule has 0 aliphatic heterocycles. The van der Waals surface area contributed by atoms with Crippen LogP contribution in [-0.4, -0.2) is 33.9 Å². The van der Waals surface area contributed by atoms with Crippen LogP contribution in [0, 0.1) is 0 Å². The second kappa shape index (κ2) is 11.5. The fourth-order valence-corrected chi connectivity index (χ4v) is 4.44. The number of hydrogen-bond acceptors (Lipinski definition) is 5. The van der Waals surface area contributed by atoms with Crippen molar-refractivity contribution in [2.75, 3.05) is 6.61 Å². The van der Waals surface area contributed by atoms with Crippen molar-refractivity contribution in [3.63, 3.8) is 0 Å². The highest BCUT2D eigenvalue weighted by Crippen LogP contribution is 2.31. The summed E-state index contributed by atoms with van der Waals surface area (Å²) in [5, 5.41) is 4.44. The summed E-state index contributed by atoms with van der Waals surface area (Å²) in [6.45, 7) is 1.62. The predicted molar refractivity (Wildman–Crippen MR) is 147 cm³/mol. The highest BCUT2D eigenvalue weighted by Gasteiger charge is 2.31. The third kappa shape index (κ3) is 5.74. The molecule has 6 nitrogen and oxygen atoms in total. The van der Waals surface area contributed by atoms with Gasteiger partial charge in [-0.15, -0.1) is 0 Å². The van der Waals surface area contributed by atoms with E-state index in [9.17, 15) is 14.4 Å². The van der Waals surface area contributed by atoms with E-state index in [1.165, 1.54) is 4.68 Å². The van der Waals surface area contributed by atoms with Crippen LogP contribution < -0.4 is 0 Å². The van der Waals surface area contributed by atoms with Crippen LogP contribution in [0.3, 0.4) is 0 Å². The molecule has 3 aromatic carbocycles. The number of hydrogen-bond donors (Lipinski definition) is 0. The van der Waals surface area contributed by atoms with Gasteiger partial charge in [0.1, 0.15) is 6.54 Å². The molecule has 0 radical (unpaired) electrons. The molecule has 1 heterocycles. The highest BCUT2D eigenvalue weighted by atomic mass is 79.9. The number of carbonyl (C=O) groups is 3. The molecule has 0 aliphatic carbocycles. The Balaban J connectivity index is 1.91. The van der Waals surface area contributed by atoms with E-state index in [-0.39, 0.29) is 30.2 Å². The van der Waals surface area contributed by atoms with E-state index in [1.54, 1.807) is 67.6 Å². The number of halogens is 3. The molecule has 0 atom stereocenters. The van der Waals surface area contributed by atoms with Gasteiger partial charge in [0.2, 0.25) is 0 Å². The third-order valence-electron chi connectivity index (χ3n) is 5.33. The number of carbonyl (C=O) groups excluding carboxylic acids is 3. The van der Waals surface area contributed by atoms with Crippen LogP contribution in [0.1, 0.15) is 43.7 Å². The fourth-order valence-electron chi connectivity index (χ4n) is 3.64. The van der Waals surface area contributed by atoms with Gasteiger partial charge in [0, 0.05) is 30.1 Å². The Morgan fingerprint density at radius 3 is 1.81 bits per heavy atom. The zero-order valence-electron chi connectivity index (χ0n) is 19.0. The number of nitrogens with zero attached hydrogens (tertiary/aromatic N) is 2. The van der Waals surface area contributed by atoms with Crippen molar-refractivity contribution < 1.29 is 19.1 Å². The number of Topliss-reactive ketones (excluding diaryl/α,β-unsaturated/α-hetero) is 1. The minimum Gasteiger partial charge on any atom is -0.461 e. The molecule has 0 spiro atoms. The van der Waals surface area contributed by atoms with E-state index < -0.39 is 11.8 Å². The molecule has 1 aromatic heterocycles. The Labute approximate surface area is 233 Å². The number of benzene rings is 3. The first-order valence-corrected chi connectivity index (χ1v) is 13.3. The zero-order valence-corrected chi connectivity index (χ0v) is 23.8. The Kier molecular flexibility index (Phi) is 8.33. The maximum Gasteiger partial charge on any atom is 0.359 e. The number of esters is 1. The molecule has 0 unspecified atom stereocenters. The second-order valence-corrected chi connectivity index (χ2v) is 10.5. The summed E-state index contributed by atoms with van der Waals surface area (Å²) in [6, 6.07) is 21.0. The van der Waals surface area contributed by atoms with Crippen LogP contribution in [0.15, 0.2) is 86.2 Å². The summed E-state index contributed by atoms with van der Waals surface area (Å²) >= 11 is 10.2. The topological polar surface area (TPSA) is 78.3 Å². The van der Waals surface area contributed by atoms with Crippen LogP contribution in [0.5, 0.6) is 0 Å². The lowest BCUT2D eigenvalue weighted by Gasteiger charge is -2.10. The molecule has 0 amide bonds. The van der Waals surface area contributed by atoms with E-state index >= 15 is 0 Å². The number of ether oxygens (including phenoxy) is 1. The lowest BCUT2D eigenvalue weighted by atomic mass is 9.97. The van der Waals surface area contributed by atoms with E-state index in [2.05, 4.69) is 52.9 Å². The molecule has 0 fully saturated rings. The SMILES string of the molecule is CCOC(=O)c1nn(CC(=O)c2ccc(Br)cc2)c(-c2ccc(Br)cc2)c1C(=O)c1ccc(Br)cc1. The van der Waals surface area contributed by atoms with Crippen molar-refractivity contribution in [1.82, 2.24) is 9.78 Å². The molecule has 0 saturated carbocycles. The van der Waals surface area contributed by atoms with E-state index in [1.807, 2.05) is 12.1 Å². The molecule has 4 rings (SSSR count). The average molecular weight is 675 g/mol. The third-order valence-corrected chi connectivity index (χ3v) is 6.92. The van der Waals surface area contributed by atoms with Crippen LogP contribution in [0.25, 0.3) is 11.3 Å². The van der Waals surface area contributed by atoms with Crippen molar-refractivity contribution in [1.29, 1.82) is 0 Å². The van der Waals surface area contributed by atoms with E-state index in [0.29, 0.717) is 22.4 Å². The van der Waals surface area contributed by atoms with Gasteiger partial charge in [0.25, 0.3) is 0 Å². The van der Waals surface area contributed by atoms with Gasteiger partial charge in [-0.2, -0.15) is 5.10 Å². The smallest absolute Gasteiger partial charge is 0.359 e. The van der Waals surface area contributed by atoms with Crippen LogP contribution in [0.4, 0.5) is 0 Å². The largest absolute Gasteiger partial charge is 0.461 e. The number of aromatic nitrogens is 2. The van der Waals surface area contributed by atoms with Crippen LogP contribution in [0.2, 0.25) is 0 Å². The Morgan fingerprint density at radius 2 is 1.28 bits per heavy atom. The van der Waals surface area contributed by atoms with Crippen LogP contribution >= 0.6 is 47.8 Å². The predicted octanol–water partition coefficient (Wildman–Crippen LogP) is 7.13. The first-order valence-electron chi connectivity index (χ1n) is 10.9. The van der Waals surface area contributed by atoms with Gasteiger partial charge in [-0.3, -0.25) is 14.3 Å².